The first kappa shape index (κ1) is 9.08. The van der Waals surface area contributed by atoms with Crippen molar-refractivity contribution in [2.45, 2.75) is 0 Å². The van der Waals surface area contributed by atoms with Gasteiger partial charge in [-0.25, -0.2) is 4.39 Å². The smallest absolute Gasteiger partial charge is 0.165 e. The molecular weight excluding hydrogens is 223 g/mol. The predicted molar refractivity (Wildman–Crippen MR) is 48.4 cm³/mol. The van der Waals surface area contributed by atoms with E-state index >= 15 is 0 Å². The minimum atomic E-state index is -0.409. The molecule has 1 aromatic carbocycles. The third kappa shape index (κ3) is 2.24. The minimum absolute atomic E-state index is 0.0768. The van der Waals surface area contributed by atoms with Gasteiger partial charge in [-0.1, -0.05) is 21.9 Å². The van der Waals surface area contributed by atoms with Crippen LogP contribution in [0, 0.1) is 18.2 Å². The van der Waals surface area contributed by atoms with Crippen LogP contribution in [0.3, 0.4) is 0 Å². The molecule has 0 spiro atoms. The van der Waals surface area contributed by atoms with Gasteiger partial charge in [-0.3, -0.25) is 0 Å². The summed E-state index contributed by atoms with van der Waals surface area (Å²) in [6, 6.07) is 4.45. The predicted octanol–water partition coefficient (Wildman–Crippen LogP) is 2.60. The van der Waals surface area contributed by atoms with Gasteiger partial charge in [0.05, 0.1) is 0 Å². The fourth-order valence-electron chi connectivity index (χ4n) is 0.707. The van der Waals surface area contributed by atoms with Crippen molar-refractivity contribution in [3.63, 3.8) is 0 Å². The fourth-order valence-corrected chi connectivity index (χ4v) is 1.05. The molecule has 0 fully saturated rings. The molecule has 0 atom stereocenters. The summed E-state index contributed by atoms with van der Waals surface area (Å²) in [4.78, 5) is 0. The average molecular weight is 229 g/mol. The Morgan fingerprint density at radius 3 is 3.00 bits per heavy atom. The Labute approximate surface area is 78.7 Å². The molecule has 0 aromatic heterocycles. The Morgan fingerprint density at radius 2 is 2.33 bits per heavy atom. The van der Waals surface area contributed by atoms with Gasteiger partial charge in [0.15, 0.2) is 11.6 Å². The molecular formula is C9H6BrFO. The number of ether oxygens (including phenoxy) is 1. The molecule has 0 bridgehead atoms. The van der Waals surface area contributed by atoms with E-state index in [9.17, 15) is 4.39 Å². The van der Waals surface area contributed by atoms with Crippen LogP contribution in [0.1, 0.15) is 0 Å². The Hall–Kier alpha value is -1.01. The summed E-state index contributed by atoms with van der Waals surface area (Å²) in [5.41, 5.74) is 0. The maximum Gasteiger partial charge on any atom is 0.165 e. The molecule has 1 aromatic rings. The lowest BCUT2D eigenvalue weighted by Crippen LogP contribution is -1.95. The molecule has 0 saturated heterocycles. The third-order valence-corrected chi connectivity index (χ3v) is 1.70. The Bertz CT molecular complexity index is 317. The molecule has 0 aliphatic carbocycles. The maximum absolute atomic E-state index is 12.9. The van der Waals surface area contributed by atoms with E-state index in [1.807, 2.05) is 0 Å². The molecule has 3 heteroatoms. The third-order valence-electron chi connectivity index (χ3n) is 1.20. The molecule has 0 saturated carbocycles. The van der Waals surface area contributed by atoms with Crippen molar-refractivity contribution in [2.24, 2.45) is 0 Å². The molecule has 1 nitrogen and oxygen atoms in total. The number of halogens is 2. The first-order valence-electron chi connectivity index (χ1n) is 3.25. The van der Waals surface area contributed by atoms with Gasteiger partial charge in [-0.15, -0.1) is 6.42 Å². The minimum Gasteiger partial charge on any atom is -0.478 e. The standard InChI is InChI=1S/C9H6BrFO/c1-2-5-12-9-6-7(10)3-4-8(9)11/h1,3-4,6H,5H2. The highest BCUT2D eigenvalue weighted by Crippen LogP contribution is 2.21. The van der Waals surface area contributed by atoms with Crippen LogP contribution in [0.5, 0.6) is 5.75 Å². The van der Waals surface area contributed by atoms with Gasteiger partial charge in [0.25, 0.3) is 0 Å². The van der Waals surface area contributed by atoms with Crippen LogP contribution >= 0.6 is 15.9 Å². The summed E-state index contributed by atoms with van der Waals surface area (Å²) in [6.07, 6.45) is 4.96. The van der Waals surface area contributed by atoms with Gasteiger partial charge < -0.3 is 4.74 Å². The Balaban J connectivity index is 2.84. The topological polar surface area (TPSA) is 9.23 Å². The molecule has 0 aliphatic rings. The number of hydrogen-bond acceptors (Lipinski definition) is 1. The fraction of sp³-hybridized carbons (Fsp3) is 0.111. The molecule has 1 rings (SSSR count). The molecule has 0 amide bonds. The first-order chi connectivity index (χ1) is 5.74. The van der Waals surface area contributed by atoms with E-state index in [4.69, 9.17) is 11.2 Å². The van der Waals surface area contributed by atoms with Crippen LogP contribution < -0.4 is 4.74 Å². The number of terminal acetylenes is 1. The van der Waals surface area contributed by atoms with Crippen molar-refractivity contribution in [2.75, 3.05) is 6.61 Å². The van der Waals surface area contributed by atoms with Gasteiger partial charge in [0.2, 0.25) is 0 Å². The van der Waals surface area contributed by atoms with Crippen LogP contribution in [-0.2, 0) is 0 Å². The number of hydrogen-bond donors (Lipinski definition) is 0. The highest BCUT2D eigenvalue weighted by molar-refractivity contribution is 9.10. The van der Waals surface area contributed by atoms with E-state index < -0.39 is 5.82 Å². The molecule has 0 radical (unpaired) electrons. The highest BCUT2D eigenvalue weighted by Gasteiger charge is 2.01. The summed E-state index contributed by atoms with van der Waals surface area (Å²) >= 11 is 3.19. The van der Waals surface area contributed by atoms with Crippen molar-refractivity contribution < 1.29 is 9.13 Å². The van der Waals surface area contributed by atoms with E-state index in [2.05, 4.69) is 21.9 Å². The van der Waals surface area contributed by atoms with E-state index in [-0.39, 0.29) is 12.4 Å². The summed E-state index contributed by atoms with van der Waals surface area (Å²) in [6.45, 7) is 0.0768. The van der Waals surface area contributed by atoms with E-state index in [0.717, 1.165) is 4.47 Å². The second-order valence-corrected chi connectivity index (χ2v) is 2.98. The highest BCUT2D eigenvalue weighted by atomic mass is 79.9. The Morgan fingerprint density at radius 1 is 1.58 bits per heavy atom. The zero-order chi connectivity index (χ0) is 8.97. The van der Waals surface area contributed by atoms with E-state index in [1.54, 1.807) is 6.07 Å². The van der Waals surface area contributed by atoms with Crippen LogP contribution in [0.15, 0.2) is 22.7 Å². The number of rotatable bonds is 2. The SMILES string of the molecule is C#CCOc1cc(Br)ccc1F. The van der Waals surface area contributed by atoms with Crippen LogP contribution in [0.4, 0.5) is 4.39 Å². The lowest BCUT2D eigenvalue weighted by Gasteiger charge is -2.03. The van der Waals surface area contributed by atoms with E-state index in [1.165, 1.54) is 12.1 Å². The van der Waals surface area contributed by atoms with Gasteiger partial charge in [-0.2, -0.15) is 0 Å². The van der Waals surface area contributed by atoms with E-state index in [0.29, 0.717) is 0 Å². The number of benzene rings is 1. The molecule has 0 unspecified atom stereocenters. The maximum atomic E-state index is 12.9. The van der Waals surface area contributed by atoms with Crippen molar-refractivity contribution >= 4 is 15.9 Å². The first-order valence-corrected chi connectivity index (χ1v) is 4.04. The van der Waals surface area contributed by atoms with Crippen molar-refractivity contribution in [3.05, 3.63) is 28.5 Å². The average Bonchev–Trinajstić information content (AvgIpc) is 2.07. The normalized spacial score (nSPS) is 9.08. The second kappa shape index (κ2) is 4.13. The zero-order valence-corrected chi connectivity index (χ0v) is 7.77. The van der Waals surface area contributed by atoms with Crippen molar-refractivity contribution in [1.29, 1.82) is 0 Å². The van der Waals surface area contributed by atoms with Crippen molar-refractivity contribution in [1.82, 2.24) is 0 Å². The molecule has 0 N–H and O–H groups in total. The van der Waals surface area contributed by atoms with Gasteiger partial charge >= 0.3 is 0 Å². The molecule has 12 heavy (non-hydrogen) atoms. The van der Waals surface area contributed by atoms with Crippen molar-refractivity contribution in [3.8, 4) is 18.1 Å². The van der Waals surface area contributed by atoms with Crippen LogP contribution in [0.2, 0.25) is 0 Å². The summed E-state index contributed by atoms with van der Waals surface area (Å²) in [7, 11) is 0. The monoisotopic (exact) mass is 228 g/mol. The van der Waals surface area contributed by atoms with Gasteiger partial charge in [-0.05, 0) is 18.2 Å². The second-order valence-electron chi connectivity index (χ2n) is 2.07. The summed E-state index contributed by atoms with van der Waals surface area (Å²) in [5.74, 6) is 2.02. The Kier molecular flexibility index (Phi) is 3.12. The molecule has 0 aliphatic heterocycles. The van der Waals surface area contributed by atoms with Crippen LogP contribution in [0.25, 0.3) is 0 Å². The lowest BCUT2D eigenvalue weighted by molar-refractivity contribution is 0.348. The molecule has 0 heterocycles. The molecule has 62 valence electrons. The lowest BCUT2D eigenvalue weighted by atomic mass is 10.3. The largest absolute Gasteiger partial charge is 0.478 e. The zero-order valence-electron chi connectivity index (χ0n) is 6.18. The van der Waals surface area contributed by atoms with Crippen LogP contribution in [-0.4, -0.2) is 6.61 Å². The quantitative estimate of drug-likeness (QED) is 0.708. The summed E-state index contributed by atoms with van der Waals surface area (Å²) in [5, 5.41) is 0. The van der Waals surface area contributed by atoms with Gasteiger partial charge in [0.1, 0.15) is 6.61 Å². The summed E-state index contributed by atoms with van der Waals surface area (Å²) < 4.78 is 18.6. The van der Waals surface area contributed by atoms with Gasteiger partial charge in [0, 0.05) is 4.47 Å².